The third kappa shape index (κ3) is 3.82. The van der Waals surface area contributed by atoms with Gasteiger partial charge < -0.3 is 15.1 Å². The SMILES string of the molecule is O=S(Nc1ccc2cnsc2c1Nc1ccc(I)cc1F)C1(CCO)CC1. The minimum Gasteiger partial charge on any atom is -0.396 e. The maximum atomic E-state index is 14.4. The number of aliphatic hydroxyl groups excluding tert-OH is 1. The largest absolute Gasteiger partial charge is 0.396 e. The van der Waals surface area contributed by atoms with Gasteiger partial charge in [-0.15, -0.1) is 0 Å². The van der Waals surface area contributed by atoms with Gasteiger partial charge >= 0.3 is 0 Å². The summed E-state index contributed by atoms with van der Waals surface area (Å²) < 4.78 is 35.8. The van der Waals surface area contributed by atoms with Crippen LogP contribution in [0, 0.1) is 9.39 Å². The fourth-order valence-corrected chi connectivity index (χ4v) is 5.49. The van der Waals surface area contributed by atoms with E-state index in [1.807, 2.05) is 18.2 Å². The van der Waals surface area contributed by atoms with Crippen molar-refractivity contribution in [2.45, 2.75) is 24.0 Å². The van der Waals surface area contributed by atoms with Crippen LogP contribution >= 0.6 is 34.1 Å². The van der Waals surface area contributed by atoms with E-state index in [1.165, 1.54) is 17.6 Å². The van der Waals surface area contributed by atoms with Gasteiger partial charge in [0.2, 0.25) is 0 Å². The number of hydrogen-bond acceptors (Lipinski definition) is 5. The average Bonchev–Trinajstić information content (AvgIpc) is 3.26. The van der Waals surface area contributed by atoms with E-state index in [1.54, 1.807) is 12.3 Å². The Hall–Kier alpha value is -1.30. The van der Waals surface area contributed by atoms with Crippen LogP contribution in [0.25, 0.3) is 10.1 Å². The number of rotatable bonds is 7. The first-order valence-electron chi connectivity index (χ1n) is 8.41. The second kappa shape index (κ2) is 7.61. The van der Waals surface area contributed by atoms with E-state index < -0.39 is 11.0 Å². The van der Waals surface area contributed by atoms with E-state index in [0.29, 0.717) is 23.5 Å². The minimum absolute atomic E-state index is 0.0142. The molecular weight excluding hydrogens is 500 g/mol. The maximum absolute atomic E-state index is 14.4. The summed E-state index contributed by atoms with van der Waals surface area (Å²) in [5.41, 5.74) is 1.64. The number of aliphatic hydroxyl groups is 1. The summed E-state index contributed by atoms with van der Waals surface area (Å²) in [5, 5.41) is 13.3. The van der Waals surface area contributed by atoms with Crippen LogP contribution < -0.4 is 10.0 Å². The lowest BCUT2D eigenvalue weighted by Gasteiger charge is -2.18. The molecule has 1 aliphatic carbocycles. The van der Waals surface area contributed by atoms with Crippen LogP contribution in [0.4, 0.5) is 21.5 Å². The van der Waals surface area contributed by atoms with E-state index in [4.69, 9.17) is 0 Å². The van der Waals surface area contributed by atoms with Gasteiger partial charge in [0, 0.05) is 21.8 Å². The van der Waals surface area contributed by atoms with Gasteiger partial charge in [-0.25, -0.2) is 8.60 Å². The zero-order valence-corrected chi connectivity index (χ0v) is 18.0. The molecule has 3 N–H and O–H groups in total. The Bertz CT molecular complexity index is 1020. The smallest absolute Gasteiger partial charge is 0.147 e. The molecule has 1 aliphatic rings. The summed E-state index contributed by atoms with van der Waals surface area (Å²) in [5.74, 6) is -0.352. The highest BCUT2D eigenvalue weighted by Crippen LogP contribution is 2.46. The van der Waals surface area contributed by atoms with Gasteiger partial charge in [0.15, 0.2) is 0 Å². The molecule has 142 valence electrons. The van der Waals surface area contributed by atoms with Crippen LogP contribution in [0.2, 0.25) is 0 Å². The topological polar surface area (TPSA) is 74.2 Å². The predicted molar refractivity (Wildman–Crippen MR) is 117 cm³/mol. The molecule has 5 nitrogen and oxygen atoms in total. The van der Waals surface area contributed by atoms with E-state index in [9.17, 15) is 13.7 Å². The number of anilines is 3. The molecule has 0 aliphatic heterocycles. The van der Waals surface area contributed by atoms with E-state index in [2.05, 4.69) is 37.0 Å². The molecule has 27 heavy (non-hydrogen) atoms. The zero-order valence-electron chi connectivity index (χ0n) is 14.2. The Morgan fingerprint density at radius 2 is 2.07 bits per heavy atom. The molecule has 0 radical (unpaired) electrons. The van der Waals surface area contributed by atoms with Gasteiger partial charge in [-0.1, -0.05) is 0 Å². The molecular formula is C18H17FIN3O2S2. The summed E-state index contributed by atoms with van der Waals surface area (Å²) in [6, 6.07) is 8.70. The second-order valence-corrected chi connectivity index (χ2v) is 10.2. The first kappa shape index (κ1) is 19.0. The fourth-order valence-electron chi connectivity index (χ4n) is 2.95. The maximum Gasteiger partial charge on any atom is 0.147 e. The molecule has 4 rings (SSSR count). The standard InChI is InChI=1S/C18H17FIN3O2S2/c19-13-9-12(20)2-4-14(13)22-16-15(3-1-11-10-21-26-17(11)16)23-27(25)18(5-6-18)7-8-24/h1-4,9-10,22-24H,5-8H2. The molecule has 1 atom stereocenters. The number of halogens is 2. The van der Waals surface area contributed by atoms with Crippen LogP contribution in [0.15, 0.2) is 36.5 Å². The summed E-state index contributed by atoms with van der Waals surface area (Å²) >= 11 is 3.37. The molecule has 1 unspecified atom stereocenters. The van der Waals surface area contributed by atoms with Crippen LogP contribution in [-0.2, 0) is 11.0 Å². The summed E-state index contributed by atoms with van der Waals surface area (Å²) in [4.78, 5) is 0. The van der Waals surface area contributed by atoms with Crippen molar-refractivity contribution < 1.29 is 13.7 Å². The third-order valence-corrected chi connectivity index (χ3v) is 7.99. The van der Waals surface area contributed by atoms with Crippen molar-refractivity contribution in [2.75, 3.05) is 16.6 Å². The normalized spacial score (nSPS) is 16.3. The summed E-state index contributed by atoms with van der Waals surface area (Å²) in [7, 11) is -1.34. The van der Waals surface area contributed by atoms with Crippen molar-refractivity contribution in [3.8, 4) is 0 Å². The van der Waals surface area contributed by atoms with Crippen molar-refractivity contribution >= 4 is 72.3 Å². The first-order chi connectivity index (χ1) is 13.0. The minimum atomic E-state index is -1.34. The monoisotopic (exact) mass is 517 g/mol. The molecule has 0 spiro atoms. The Morgan fingerprint density at radius 3 is 2.78 bits per heavy atom. The molecule has 0 amide bonds. The van der Waals surface area contributed by atoms with Gasteiger partial charge in [0.25, 0.3) is 0 Å². The van der Waals surface area contributed by atoms with Crippen molar-refractivity contribution in [1.82, 2.24) is 4.37 Å². The van der Waals surface area contributed by atoms with Crippen LogP contribution in [0.3, 0.4) is 0 Å². The van der Waals surface area contributed by atoms with Crippen molar-refractivity contribution in [1.29, 1.82) is 0 Å². The van der Waals surface area contributed by atoms with Gasteiger partial charge in [-0.3, -0.25) is 0 Å². The van der Waals surface area contributed by atoms with Crippen molar-refractivity contribution in [2.24, 2.45) is 0 Å². The molecule has 1 fully saturated rings. The van der Waals surface area contributed by atoms with E-state index in [-0.39, 0.29) is 17.2 Å². The molecule has 1 heterocycles. The molecule has 2 aromatic carbocycles. The highest BCUT2D eigenvalue weighted by molar-refractivity contribution is 14.1. The number of aromatic nitrogens is 1. The van der Waals surface area contributed by atoms with Crippen molar-refractivity contribution in [3.05, 3.63) is 45.9 Å². The Balaban J connectivity index is 1.70. The lowest BCUT2D eigenvalue weighted by atomic mass is 10.2. The molecule has 0 saturated heterocycles. The van der Waals surface area contributed by atoms with Crippen LogP contribution in [0.1, 0.15) is 19.3 Å². The van der Waals surface area contributed by atoms with E-state index in [0.717, 1.165) is 26.5 Å². The first-order valence-corrected chi connectivity index (χ1v) is 11.4. The highest BCUT2D eigenvalue weighted by Gasteiger charge is 2.48. The molecule has 9 heteroatoms. The van der Waals surface area contributed by atoms with Gasteiger partial charge in [0.1, 0.15) is 16.8 Å². The van der Waals surface area contributed by atoms with Gasteiger partial charge in [-0.2, -0.15) is 4.37 Å². The predicted octanol–water partition coefficient (Wildman–Crippen LogP) is 4.77. The van der Waals surface area contributed by atoms with Gasteiger partial charge in [-0.05, 0) is 83.7 Å². The molecule has 0 bridgehead atoms. The lowest BCUT2D eigenvalue weighted by Crippen LogP contribution is -2.24. The Morgan fingerprint density at radius 1 is 1.30 bits per heavy atom. The lowest BCUT2D eigenvalue weighted by molar-refractivity contribution is 0.284. The van der Waals surface area contributed by atoms with Crippen LogP contribution in [0.5, 0.6) is 0 Å². The fraction of sp³-hybridized carbons (Fsp3) is 0.278. The van der Waals surface area contributed by atoms with E-state index >= 15 is 0 Å². The Kier molecular flexibility index (Phi) is 5.36. The quantitative estimate of drug-likeness (QED) is 0.395. The molecule has 1 aromatic heterocycles. The summed E-state index contributed by atoms with van der Waals surface area (Å²) in [6.45, 7) is 0.0142. The van der Waals surface area contributed by atoms with Crippen LogP contribution in [-0.4, -0.2) is 25.0 Å². The number of benzene rings is 2. The average molecular weight is 517 g/mol. The molecule has 3 aromatic rings. The third-order valence-electron chi connectivity index (χ3n) is 4.69. The zero-order chi connectivity index (χ0) is 19.0. The summed E-state index contributed by atoms with van der Waals surface area (Å²) in [6.07, 6.45) is 3.91. The Labute approximate surface area is 176 Å². The second-order valence-electron chi connectivity index (χ2n) is 6.51. The van der Waals surface area contributed by atoms with Crippen molar-refractivity contribution in [3.63, 3.8) is 0 Å². The number of fused-ring (bicyclic) bond motifs is 1. The highest BCUT2D eigenvalue weighted by atomic mass is 127. The van der Waals surface area contributed by atoms with Gasteiger partial charge in [0.05, 0.1) is 26.5 Å². The number of nitrogens with one attached hydrogen (secondary N) is 2. The molecule has 1 saturated carbocycles. The number of nitrogens with zero attached hydrogens (tertiary/aromatic N) is 1. The number of hydrogen-bond donors (Lipinski definition) is 3.